The number of rotatable bonds is 11. The van der Waals surface area contributed by atoms with Gasteiger partial charge in [0.15, 0.2) is 12.4 Å². The van der Waals surface area contributed by atoms with Crippen LogP contribution in [0.25, 0.3) is 0 Å². The molecule has 42 heavy (non-hydrogen) atoms. The Bertz CT molecular complexity index is 1250. The summed E-state index contributed by atoms with van der Waals surface area (Å²) in [5.74, 6) is -1.38. The van der Waals surface area contributed by atoms with E-state index in [1.807, 2.05) is 74.8 Å². The van der Waals surface area contributed by atoms with Crippen molar-refractivity contribution in [3.8, 4) is 0 Å². The lowest BCUT2D eigenvalue weighted by atomic mass is 10.0. The van der Waals surface area contributed by atoms with Gasteiger partial charge in [-0.05, 0) is 37.2 Å². The van der Waals surface area contributed by atoms with Gasteiger partial charge in [-0.3, -0.25) is 19.2 Å². The minimum absolute atomic E-state index is 0.0479. The van der Waals surface area contributed by atoms with Gasteiger partial charge in [-0.15, -0.1) is 0 Å². The number of aromatic nitrogens is 1. The third-order valence-electron chi connectivity index (χ3n) is 7.73. The highest BCUT2D eigenvalue weighted by atomic mass is 16.5. The van der Waals surface area contributed by atoms with Gasteiger partial charge in [0, 0.05) is 25.2 Å². The quantitative estimate of drug-likeness (QED) is 0.390. The molecule has 11 heteroatoms. The van der Waals surface area contributed by atoms with Crippen molar-refractivity contribution >= 4 is 29.6 Å². The van der Waals surface area contributed by atoms with Gasteiger partial charge in [0.1, 0.15) is 25.2 Å². The first-order valence-electron chi connectivity index (χ1n) is 14.6. The monoisotopic (exact) mass is 578 g/mol. The Hall–Kier alpha value is -4.28. The number of pyridine rings is 1. The van der Waals surface area contributed by atoms with Crippen molar-refractivity contribution in [1.29, 1.82) is 0 Å². The number of nitrogens with one attached hydrogen (secondary N) is 2. The molecule has 2 fully saturated rings. The van der Waals surface area contributed by atoms with E-state index in [9.17, 15) is 24.0 Å². The predicted molar refractivity (Wildman–Crippen MR) is 153 cm³/mol. The molecule has 4 amide bonds. The summed E-state index contributed by atoms with van der Waals surface area (Å²) in [7, 11) is 0. The number of hydrogen-bond donors (Lipinski definition) is 2. The van der Waals surface area contributed by atoms with Crippen LogP contribution in [0.4, 0.5) is 4.79 Å². The third kappa shape index (κ3) is 7.92. The highest BCUT2D eigenvalue weighted by Crippen LogP contribution is 2.22. The smallest absolute Gasteiger partial charge is 0.407 e. The summed E-state index contributed by atoms with van der Waals surface area (Å²) in [6.07, 6.45) is 5.28. The molecule has 1 aromatic carbocycles. The van der Waals surface area contributed by atoms with Crippen LogP contribution in [0.2, 0.25) is 0 Å². The van der Waals surface area contributed by atoms with Crippen LogP contribution in [-0.4, -0.2) is 77.2 Å². The minimum Gasteiger partial charge on any atom is -0.445 e. The topological polar surface area (TPSA) is 129 Å². The Kier molecular flexibility index (Phi) is 10.6. The highest BCUT2D eigenvalue weighted by Gasteiger charge is 2.41. The van der Waals surface area contributed by atoms with Gasteiger partial charge in [0.05, 0.1) is 6.04 Å². The zero-order chi connectivity index (χ0) is 30.1. The van der Waals surface area contributed by atoms with Crippen LogP contribution in [0.15, 0.2) is 60.9 Å². The summed E-state index contributed by atoms with van der Waals surface area (Å²) in [5.41, 5.74) is 0.823. The molecular weight excluding hydrogens is 538 g/mol. The van der Waals surface area contributed by atoms with E-state index < -0.39 is 36.0 Å². The van der Waals surface area contributed by atoms with Crippen molar-refractivity contribution < 1.29 is 33.3 Å². The molecule has 224 valence electrons. The molecular formula is C31H40N5O6+. The van der Waals surface area contributed by atoms with Crippen LogP contribution in [0.1, 0.15) is 45.1 Å². The van der Waals surface area contributed by atoms with Gasteiger partial charge in [-0.2, -0.15) is 4.57 Å². The Labute approximate surface area is 246 Å². The third-order valence-corrected chi connectivity index (χ3v) is 7.73. The number of nitrogens with zero attached hydrogens (tertiary/aromatic N) is 3. The van der Waals surface area contributed by atoms with Crippen molar-refractivity contribution in [1.82, 2.24) is 20.4 Å². The number of Topliss-reactive ketones (excluding diaryl/α,β-unsaturated/α-hetero) is 1. The molecule has 2 aliphatic rings. The van der Waals surface area contributed by atoms with E-state index in [-0.39, 0.29) is 37.3 Å². The first-order chi connectivity index (χ1) is 20.2. The second-order valence-electron chi connectivity index (χ2n) is 11.1. The second-order valence-corrected chi connectivity index (χ2v) is 11.1. The first-order valence-corrected chi connectivity index (χ1v) is 14.6. The number of ether oxygens (including phenoxy) is 1. The van der Waals surface area contributed by atoms with Gasteiger partial charge in [-0.25, -0.2) is 4.79 Å². The molecule has 3 atom stereocenters. The molecule has 2 N–H and O–H groups in total. The number of ketones is 1. The highest BCUT2D eigenvalue weighted by molar-refractivity contribution is 5.95. The number of carbonyl (C=O) groups excluding carboxylic acids is 5. The van der Waals surface area contributed by atoms with E-state index in [2.05, 4.69) is 10.6 Å². The predicted octanol–water partition coefficient (Wildman–Crippen LogP) is 1.59. The van der Waals surface area contributed by atoms with E-state index in [0.717, 1.165) is 5.56 Å². The van der Waals surface area contributed by atoms with Crippen LogP contribution in [0.5, 0.6) is 0 Å². The van der Waals surface area contributed by atoms with E-state index >= 15 is 0 Å². The Morgan fingerprint density at radius 3 is 2.24 bits per heavy atom. The Morgan fingerprint density at radius 2 is 1.55 bits per heavy atom. The zero-order valence-electron chi connectivity index (χ0n) is 24.2. The summed E-state index contributed by atoms with van der Waals surface area (Å²) >= 11 is 0. The average Bonchev–Trinajstić information content (AvgIpc) is 3.69. The fraction of sp³-hybridized carbons (Fsp3) is 0.484. The normalized spacial score (nSPS) is 18.9. The molecule has 0 spiro atoms. The number of amides is 4. The van der Waals surface area contributed by atoms with Gasteiger partial charge in [0.2, 0.25) is 30.0 Å². The lowest BCUT2D eigenvalue weighted by Crippen LogP contribution is -2.58. The molecule has 1 aromatic heterocycles. The van der Waals surface area contributed by atoms with Crippen LogP contribution in [-0.2, 0) is 37.1 Å². The van der Waals surface area contributed by atoms with Crippen LogP contribution >= 0.6 is 0 Å². The summed E-state index contributed by atoms with van der Waals surface area (Å²) in [5, 5.41) is 5.34. The molecule has 3 heterocycles. The standard InChI is InChI=1S/C31H39N5O6/c1-22(2)28(30(40)36-18-9-13-24(36)26(37)20-34-15-7-4-8-16-34)33-29(39)25-14-10-17-35(25)27(38)19-32-31(41)42-21-23-11-5-3-6-12-23/h3-8,11-12,15-16,22,24-25,28H,9-10,13-14,17-21H2,1-2H3,(H-,32,33,39,41)/p+1. The molecule has 0 bridgehead atoms. The maximum atomic E-state index is 13.7. The van der Waals surface area contributed by atoms with Crippen molar-refractivity contribution in [3.63, 3.8) is 0 Å². The lowest BCUT2D eigenvalue weighted by molar-refractivity contribution is -0.684. The molecule has 2 aliphatic heterocycles. The van der Waals surface area contributed by atoms with E-state index in [1.165, 1.54) is 4.90 Å². The molecule has 11 nitrogen and oxygen atoms in total. The van der Waals surface area contributed by atoms with Crippen LogP contribution < -0.4 is 15.2 Å². The second kappa shape index (κ2) is 14.6. The number of alkyl carbamates (subject to hydrolysis) is 1. The van der Waals surface area contributed by atoms with Gasteiger partial charge in [-0.1, -0.05) is 50.2 Å². The zero-order valence-corrected chi connectivity index (χ0v) is 24.2. The summed E-state index contributed by atoms with van der Waals surface area (Å²) in [6, 6.07) is 12.6. The minimum atomic E-state index is -0.834. The fourth-order valence-corrected chi connectivity index (χ4v) is 5.49. The number of carbonyl (C=O) groups is 5. The van der Waals surface area contributed by atoms with Crippen molar-refractivity contribution in [2.24, 2.45) is 5.92 Å². The Balaban J connectivity index is 1.31. The Morgan fingerprint density at radius 1 is 0.905 bits per heavy atom. The molecule has 2 aromatic rings. The maximum Gasteiger partial charge on any atom is 0.407 e. The van der Waals surface area contributed by atoms with E-state index in [1.54, 1.807) is 9.47 Å². The molecule has 0 radical (unpaired) electrons. The molecule has 0 aliphatic carbocycles. The van der Waals surface area contributed by atoms with Crippen molar-refractivity contribution in [3.05, 3.63) is 66.5 Å². The van der Waals surface area contributed by atoms with Gasteiger partial charge >= 0.3 is 6.09 Å². The summed E-state index contributed by atoms with van der Waals surface area (Å²) in [4.78, 5) is 68.2. The maximum absolute atomic E-state index is 13.7. The van der Waals surface area contributed by atoms with Crippen molar-refractivity contribution in [2.45, 2.75) is 70.8 Å². The fourth-order valence-electron chi connectivity index (χ4n) is 5.49. The number of hydrogen-bond acceptors (Lipinski definition) is 6. The molecule has 3 unspecified atom stereocenters. The molecule has 0 saturated carbocycles. The number of likely N-dealkylation sites (tertiary alicyclic amines) is 2. The molecule has 4 rings (SSSR count). The van der Waals surface area contributed by atoms with Crippen molar-refractivity contribution in [2.75, 3.05) is 19.6 Å². The lowest BCUT2D eigenvalue weighted by Gasteiger charge is -2.32. The van der Waals surface area contributed by atoms with Crippen LogP contribution in [0, 0.1) is 5.92 Å². The first kappa shape index (κ1) is 30.7. The molecule has 2 saturated heterocycles. The summed E-state index contributed by atoms with van der Waals surface area (Å²) < 4.78 is 6.95. The van der Waals surface area contributed by atoms with Gasteiger partial charge in [0.25, 0.3) is 0 Å². The largest absolute Gasteiger partial charge is 0.445 e. The van der Waals surface area contributed by atoms with E-state index in [0.29, 0.717) is 38.8 Å². The van der Waals surface area contributed by atoms with E-state index in [4.69, 9.17) is 4.74 Å². The summed E-state index contributed by atoms with van der Waals surface area (Å²) in [6.45, 7) is 4.46. The average molecular weight is 579 g/mol. The SMILES string of the molecule is CC(C)C(NC(=O)C1CCCN1C(=O)CNC(=O)OCc1ccccc1)C(=O)N1CCCC1C(=O)C[n+]1ccccc1. The van der Waals surface area contributed by atoms with Gasteiger partial charge < -0.3 is 25.2 Å². The number of benzene rings is 1. The van der Waals surface area contributed by atoms with Crippen LogP contribution in [0.3, 0.4) is 0 Å².